The van der Waals surface area contributed by atoms with Gasteiger partial charge in [0.25, 0.3) is 0 Å². The van der Waals surface area contributed by atoms with Gasteiger partial charge in [0.05, 0.1) is 11.3 Å². The summed E-state index contributed by atoms with van der Waals surface area (Å²) >= 11 is 0. The molecule has 1 saturated carbocycles. The Morgan fingerprint density at radius 1 is 1.29 bits per heavy atom. The van der Waals surface area contributed by atoms with E-state index in [1.807, 2.05) is 20.8 Å². The van der Waals surface area contributed by atoms with E-state index in [2.05, 4.69) is 4.98 Å². The van der Waals surface area contributed by atoms with Crippen LogP contribution in [-0.2, 0) is 4.74 Å². The number of nitrogens with one attached hydrogen (secondary N) is 1. The molecule has 3 nitrogen and oxygen atoms in total. The fourth-order valence-electron chi connectivity index (χ4n) is 2.53. The Balaban J connectivity index is 2.17. The minimum absolute atomic E-state index is 0.181. The van der Waals surface area contributed by atoms with Gasteiger partial charge in [0, 0.05) is 19.2 Å². The Hall–Kier alpha value is -1.09. The van der Waals surface area contributed by atoms with Crippen molar-refractivity contribution in [1.82, 2.24) is 4.98 Å². The van der Waals surface area contributed by atoms with Crippen LogP contribution in [0.4, 0.5) is 0 Å². The van der Waals surface area contributed by atoms with E-state index < -0.39 is 0 Å². The van der Waals surface area contributed by atoms with Gasteiger partial charge in [-0.05, 0) is 51.2 Å². The Kier molecular flexibility index (Phi) is 3.13. The second-order valence-corrected chi connectivity index (χ2v) is 5.22. The maximum atomic E-state index is 12.3. The van der Waals surface area contributed by atoms with Crippen LogP contribution in [0.3, 0.4) is 0 Å². The average Bonchev–Trinajstić information content (AvgIpc) is 2.51. The van der Waals surface area contributed by atoms with Crippen molar-refractivity contribution in [2.24, 2.45) is 0 Å². The predicted molar refractivity (Wildman–Crippen MR) is 67.5 cm³/mol. The van der Waals surface area contributed by atoms with Gasteiger partial charge in [-0.1, -0.05) is 0 Å². The Labute approximate surface area is 103 Å². The molecule has 94 valence electrons. The number of aryl methyl sites for hydroxylation is 1. The van der Waals surface area contributed by atoms with Crippen molar-refractivity contribution in [3.8, 4) is 0 Å². The van der Waals surface area contributed by atoms with Crippen molar-refractivity contribution < 1.29 is 9.53 Å². The Morgan fingerprint density at radius 2 is 1.94 bits per heavy atom. The highest BCUT2D eigenvalue weighted by Crippen LogP contribution is 2.39. The van der Waals surface area contributed by atoms with Crippen molar-refractivity contribution in [3.05, 3.63) is 22.5 Å². The van der Waals surface area contributed by atoms with Gasteiger partial charge in [0.15, 0.2) is 5.78 Å². The maximum Gasteiger partial charge on any atom is 0.182 e. The molecule has 1 aliphatic carbocycles. The number of H-pyrrole nitrogens is 1. The van der Waals surface area contributed by atoms with E-state index in [4.69, 9.17) is 4.74 Å². The smallest absolute Gasteiger partial charge is 0.182 e. The first-order valence-corrected chi connectivity index (χ1v) is 6.23. The lowest BCUT2D eigenvalue weighted by Gasteiger charge is -2.39. The molecule has 0 saturated heterocycles. The average molecular weight is 235 g/mol. The number of aromatic nitrogens is 1. The number of hydrogen-bond acceptors (Lipinski definition) is 2. The number of aromatic amines is 1. The highest BCUT2D eigenvalue weighted by Gasteiger charge is 2.39. The molecule has 0 bridgehead atoms. The van der Waals surface area contributed by atoms with Crippen molar-refractivity contribution in [2.75, 3.05) is 7.11 Å². The first-order chi connectivity index (χ1) is 7.99. The molecule has 0 aromatic carbocycles. The van der Waals surface area contributed by atoms with E-state index in [0.717, 1.165) is 29.8 Å². The summed E-state index contributed by atoms with van der Waals surface area (Å²) in [5.41, 5.74) is 3.94. The molecule has 17 heavy (non-hydrogen) atoms. The van der Waals surface area contributed by atoms with E-state index in [0.29, 0.717) is 6.42 Å². The molecule has 1 aromatic rings. The third-order valence-corrected chi connectivity index (χ3v) is 4.27. The molecule has 1 heterocycles. The van der Waals surface area contributed by atoms with Crippen molar-refractivity contribution in [3.63, 3.8) is 0 Å². The van der Waals surface area contributed by atoms with Gasteiger partial charge in [-0.3, -0.25) is 4.79 Å². The number of carbonyl (C=O) groups excluding carboxylic acids is 1. The predicted octanol–water partition coefficient (Wildman–Crippen LogP) is 3.08. The van der Waals surface area contributed by atoms with Gasteiger partial charge in [0.2, 0.25) is 0 Å². The van der Waals surface area contributed by atoms with Gasteiger partial charge < -0.3 is 9.72 Å². The van der Waals surface area contributed by atoms with E-state index in [-0.39, 0.29) is 11.4 Å². The highest BCUT2D eigenvalue weighted by molar-refractivity contribution is 5.97. The summed E-state index contributed by atoms with van der Waals surface area (Å²) in [4.78, 5) is 15.5. The van der Waals surface area contributed by atoms with Gasteiger partial charge >= 0.3 is 0 Å². The number of ether oxygens (including phenoxy) is 1. The number of methoxy groups -OCH3 is 1. The fraction of sp³-hybridized carbons (Fsp3) is 0.643. The molecule has 1 fully saturated rings. The molecule has 3 heteroatoms. The van der Waals surface area contributed by atoms with Crippen LogP contribution in [0.25, 0.3) is 0 Å². The van der Waals surface area contributed by atoms with E-state index in [9.17, 15) is 4.79 Å². The molecule has 1 aromatic heterocycles. The van der Waals surface area contributed by atoms with Gasteiger partial charge in [-0.15, -0.1) is 0 Å². The van der Waals surface area contributed by atoms with Gasteiger partial charge in [0.1, 0.15) is 0 Å². The first kappa shape index (κ1) is 12.4. The summed E-state index contributed by atoms with van der Waals surface area (Å²) in [6, 6.07) is 0. The quantitative estimate of drug-likeness (QED) is 0.815. The zero-order chi connectivity index (χ0) is 12.6. The molecule has 0 radical (unpaired) electrons. The van der Waals surface area contributed by atoms with Crippen molar-refractivity contribution in [1.29, 1.82) is 0 Å². The van der Waals surface area contributed by atoms with E-state index in [1.165, 1.54) is 12.0 Å². The lowest BCUT2D eigenvalue weighted by molar-refractivity contribution is -0.0705. The largest absolute Gasteiger partial charge is 0.378 e. The van der Waals surface area contributed by atoms with Crippen LogP contribution < -0.4 is 0 Å². The van der Waals surface area contributed by atoms with Crippen LogP contribution in [0.2, 0.25) is 0 Å². The molecule has 0 amide bonds. The monoisotopic (exact) mass is 235 g/mol. The van der Waals surface area contributed by atoms with Crippen molar-refractivity contribution in [2.45, 2.75) is 52.1 Å². The Bertz CT molecular complexity index is 436. The standard InChI is InChI=1S/C14H21NO2/c1-9-10(2)13(15-11(9)3)12(16)8-14(17-4)6-5-7-14/h15H,5-8H2,1-4H3. The summed E-state index contributed by atoms with van der Waals surface area (Å²) in [5.74, 6) is 0.181. The summed E-state index contributed by atoms with van der Waals surface area (Å²) in [6.45, 7) is 6.06. The minimum atomic E-state index is -0.184. The van der Waals surface area contributed by atoms with Crippen LogP contribution in [-0.4, -0.2) is 23.5 Å². The van der Waals surface area contributed by atoms with Crippen LogP contribution in [0.1, 0.15) is 53.0 Å². The summed E-state index contributed by atoms with van der Waals surface area (Å²) in [7, 11) is 1.71. The summed E-state index contributed by atoms with van der Waals surface area (Å²) in [5, 5.41) is 0. The molecule has 2 rings (SSSR count). The van der Waals surface area contributed by atoms with E-state index in [1.54, 1.807) is 7.11 Å². The number of hydrogen-bond donors (Lipinski definition) is 1. The molecule has 1 N–H and O–H groups in total. The van der Waals surface area contributed by atoms with Crippen LogP contribution in [0.15, 0.2) is 0 Å². The molecule has 0 spiro atoms. The molecule has 0 atom stereocenters. The van der Waals surface area contributed by atoms with Crippen molar-refractivity contribution >= 4 is 5.78 Å². The zero-order valence-electron chi connectivity index (χ0n) is 11.1. The number of ketones is 1. The summed E-state index contributed by atoms with van der Waals surface area (Å²) in [6.07, 6.45) is 3.69. The lowest BCUT2D eigenvalue weighted by Crippen LogP contribution is -2.41. The highest BCUT2D eigenvalue weighted by atomic mass is 16.5. The third kappa shape index (κ3) is 2.04. The number of rotatable bonds is 4. The summed E-state index contributed by atoms with van der Waals surface area (Å²) < 4.78 is 5.51. The zero-order valence-corrected chi connectivity index (χ0v) is 11.1. The second kappa shape index (κ2) is 4.30. The second-order valence-electron chi connectivity index (χ2n) is 5.22. The molecule has 0 aliphatic heterocycles. The van der Waals surface area contributed by atoms with Crippen LogP contribution in [0, 0.1) is 20.8 Å². The first-order valence-electron chi connectivity index (χ1n) is 6.23. The van der Waals surface area contributed by atoms with Crippen LogP contribution >= 0.6 is 0 Å². The topological polar surface area (TPSA) is 42.1 Å². The van der Waals surface area contributed by atoms with Gasteiger partial charge in [-0.2, -0.15) is 0 Å². The third-order valence-electron chi connectivity index (χ3n) is 4.27. The number of carbonyl (C=O) groups is 1. The number of Topliss-reactive ketones (excluding diaryl/α,β-unsaturated/α-hetero) is 1. The maximum absolute atomic E-state index is 12.3. The van der Waals surface area contributed by atoms with Crippen LogP contribution in [0.5, 0.6) is 0 Å². The fourth-order valence-corrected chi connectivity index (χ4v) is 2.53. The molecule has 1 aliphatic rings. The normalized spacial score (nSPS) is 17.9. The molecule has 0 unspecified atom stereocenters. The van der Waals surface area contributed by atoms with Gasteiger partial charge in [-0.25, -0.2) is 0 Å². The molecular formula is C14H21NO2. The minimum Gasteiger partial charge on any atom is -0.378 e. The molecular weight excluding hydrogens is 214 g/mol. The Morgan fingerprint density at radius 3 is 2.29 bits per heavy atom. The lowest BCUT2D eigenvalue weighted by atomic mass is 9.76. The van der Waals surface area contributed by atoms with E-state index >= 15 is 0 Å². The SMILES string of the molecule is COC1(CC(=O)c2[nH]c(C)c(C)c2C)CCC1.